The van der Waals surface area contributed by atoms with Gasteiger partial charge in [0.2, 0.25) is 0 Å². The first-order valence-corrected chi connectivity index (χ1v) is 12.3. The van der Waals surface area contributed by atoms with Crippen LogP contribution in [0.15, 0.2) is 34.9 Å². The van der Waals surface area contributed by atoms with E-state index in [1.165, 1.54) is 0 Å². The first-order chi connectivity index (χ1) is 16.3. The number of benzene rings is 1. The largest absolute Gasteiger partial charge is 0.490 e. The summed E-state index contributed by atoms with van der Waals surface area (Å²) in [6.07, 6.45) is 3.23. The van der Waals surface area contributed by atoms with Crippen molar-refractivity contribution in [1.29, 1.82) is 0 Å². The van der Waals surface area contributed by atoms with E-state index in [0.29, 0.717) is 53.4 Å². The van der Waals surface area contributed by atoms with Gasteiger partial charge in [0.15, 0.2) is 5.78 Å². The summed E-state index contributed by atoms with van der Waals surface area (Å²) in [5.74, 6) is 0.172. The number of allylic oxidation sites excluding steroid dienone is 3. The summed E-state index contributed by atoms with van der Waals surface area (Å²) in [5.41, 5.74) is 3.17. The van der Waals surface area contributed by atoms with Crippen LogP contribution in [0.5, 0.6) is 5.75 Å². The number of likely N-dealkylation sites (tertiary alicyclic amines) is 1. The average Bonchev–Trinajstić information content (AvgIpc) is 2.74. The molecule has 7 nitrogen and oxygen atoms in total. The van der Waals surface area contributed by atoms with E-state index in [9.17, 15) is 14.4 Å². The first kappa shape index (κ1) is 26.8. The summed E-state index contributed by atoms with van der Waals surface area (Å²) in [6, 6.07) is 3.32. The van der Waals surface area contributed by atoms with Crippen LogP contribution in [-0.2, 0) is 9.53 Å². The number of ketones is 1. The molecule has 2 amide bonds. The molecule has 35 heavy (non-hydrogen) atoms. The number of hydrogen-bond acceptors (Lipinski definition) is 5. The lowest BCUT2D eigenvalue weighted by molar-refractivity contribution is -0.111. The standard InChI is InChI=1S/C27H35ClN2O5/c1-16-11-17(2)22(23(31)12-16)15-29-25(32)21-13-19(28)14-24(18(21)3)34-20-7-9-30(10-8-20)26(33)35-27(4,5)6/h12-14,20H,7-11,15H2,1-6H3,(H,29,32). The Bertz CT molecular complexity index is 1080. The first-order valence-electron chi connectivity index (χ1n) is 12.0. The molecule has 1 aromatic rings. The zero-order chi connectivity index (χ0) is 25.9. The Kier molecular flexibility index (Phi) is 8.31. The van der Waals surface area contributed by atoms with E-state index in [-0.39, 0.29) is 30.4 Å². The number of halogens is 1. The molecule has 8 heteroatoms. The number of ether oxygens (including phenoxy) is 2. The number of rotatable bonds is 5. The molecule has 0 bridgehead atoms. The van der Waals surface area contributed by atoms with E-state index in [0.717, 1.165) is 17.6 Å². The fourth-order valence-electron chi connectivity index (χ4n) is 4.27. The Hall–Kier alpha value is -2.80. The van der Waals surface area contributed by atoms with Crippen molar-refractivity contribution in [3.05, 3.63) is 51.1 Å². The van der Waals surface area contributed by atoms with Gasteiger partial charge >= 0.3 is 6.09 Å². The van der Waals surface area contributed by atoms with Crippen molar-refractivity contribution in [1.82, 2.24) is 10.2 Å². The SMILES string of the molecule is CC1=CC(=O)C(CNC(=O)c2cc(Cl)cc(OC3CCN(C(=O)OC(C)(C)C)CC3)c2C)=C(C)C1. The third kappa shape index (κ3) is 7.10. The van der Waals surface area contributed by atoms with Crippen LogP contribution in [0.4, 0.5) is 4.79 Å². The van der Waals surface area contributed by atoms with Crippen molar-refractivity contribution in [2.45, 2.75) is 72.5 Å². The van der Waals surface area contributed by atoms with Crippen molar-refractivity contribution < 1.29 is 23.9 Å². The molecule has 0 spiro atoms. The Balaban J connectivity index is 1.63. The van der Waals surface area contributed by atoms with Gasteiger partial charge in [-0.15, -0.1) is 0 Å². The second-order valence-corrected chi connectivity index (χ2v) is 10.8. The highest BCUT2D eigenvalue weighted by Crippen LogP contribution is 2.30. The quantitative estimate of drug-likeness (QED) is 0.583. The van der Waals surface area contributed by atoms with E-state index in [2.05, 4.69) is 5.32 Å². The van der Waals surface area contributed by atoms with Crippen LogP contribution in [0.1, 0.15) is 69.8 Å². The molecule has 0 aromatic heterocycles. The maximum atomic E-state index is 13.0. The number of nitrogens with one attached hydrogen (secondary N) is 1. The van der Waals surface area contributed by atoms with Crippen molar-refractivity contribution in [3.63, 3.8) is 0 Å². The van der Waals surface area contributed by atoms with Crippen molar-refractivity contribution in [3.8, 4) is 5.75 Å². The van der Waals surface area contributed by atoms with E-state index >= 15 is 0 Å². The van der Waals surface area contributed by atoms with Gasteiger partial charge in [-0.2, -0.15) is 0 Å². The van der Waals surface area contributed by atoms with Crippen LogP contribution < -0.4 is 10.1 Å². The minimum absolute atomic E-state index is 0.0592. The van der Waals surface area contributed by atoms with Gasteiger partial charge in [-0.25, -0.2) is 4.79 Å². The number of nitrogens with zero attached hydrogens (tertiary/aromatic N) is 1. The van der Waals surface area contributed by atoms with Crippen molar-refractivity contribution in [2.24, 2.45) is 0 Å². The molecular weight excluding hydrogens is 468 g/mol. The summed E-state index contributed by atoms with van der Waals surface area (Å²) in [5, 5.41) is 3.25. The predicted molar refractivity (Wildman–Crippen MR) is 136 cm³/mol. The van der Waals surface area contributed by atoms with Crippen molar-refractivity contribution in [2.75, 3.05) is 19.6 Å². The Morgan fingerprint density at radius 2 is 1.80 bits per heavy atom. The summed E-state index contributed by atoms with van der Waals surface area (Å²) in [4.78, 5) is 39.3. The second-order valence-electron chi connectivity index (χ2n) is 10.3. The third-order valence-electron chi connectivity index (χ3n) is 6.12. The number of amides is 2. The molecule has 1 N–H and O–H groups in total. The molecule has 0 saturated carbocycles. The number of piperidine rings is 1. The number of hydrogen-bond donors (Lipinski definition) is 1. The van der Waals surface area contributed by atoms with Crippen LogP contribution in [0, 0.1) is 6.92 Å². The van der Waals surface area contributed by atoms with Crippen LogP contribution in [-0.4, -0.2) is 54.0 Å². The van der Waals surface area contributed by atoms with Gasteiger partial charge in [-0.05, 0) is 66.2 Å². The van der Waals surface area contributed by atoms with E-state index in [1.807, 2.05) is 41.5 Å². The smallest absolute Gasteiger partial charge is 0.410 e. The maximum absolute atomic E-state index is 13.0. The highest BCUT2D eigenvalue weighted by molar-refractivity contribution is 6.31. The molecule has 1 saturated heterocycles. The highest BCUT2D eigenvalue weighted by Gasteiger charge is 2.28. The zero-order valence-electron chi connectivity index (χ0n) is 21.4. The molecule has 1 fully saturated rings. The van der Waals surface area contributed by atoms with Gasteiger partial charge in [0.1, 0.15) is 17.5 Å². The topological polar surface area (TPSA) is 84.9 Å². The Morgan fingerprint density at radius 1 is 1.14 bits per heavy atom. The molecular formula is C27H35ClN2O5. The van der Waals surface area contributed by atoms with Crippen LogP contribution >= 0.6 is 11.6 Å². The lowest BCUT2D eigenvalue weighted by Crippen LogP contribution is -2.44. The Morgan fingerprint density at radius 3 is 2.40 bits per heavy atom. The van der Waals surface area contributed by atoms with Gasteiger partial charge in [0, 0.05) is 54.2 Å². The minimum Gasteiger partial charge on any atom is -0.490 e. The van der Waals surface area contributed by atoms with Crippen LogP contribution in [0.3, 0.4) is 0 Å². The molecule has 3 rings (SSSR count). The number of carbonyl (C=O) groups excluding carboxylic acids is 3. The molecule has 0 radical (unpaired) electrons. The summed E-state index contributed by atoms with van der Waals surface area (Å²) in [7, 11) is 0. The summed E-state index contributed by atoms with van der Waals surface area (Å²) in [6.45, 7) is 12.4. The molecule has 2 aliphatic rings. The minimum atomic E-state index is -0.533. The van der Waals surface area contributed by atoms with Gasteiger partial charge in [-0.3, -0.25) is 9.59 Å². The third-order valence-corrected chi connectivity index (χ3v) is 6.33. The molecule has 0 atom stereocenters. The summed E-state index contributed by atoms with van der Waals surface area (Å²) < 4.78 is 11.7. The molecule has 1 heterocycles. The van der Waals surface area contributed by atoms with Gasteiger partial charge in [0.25, 0.3) is 5.91 Å². The van der Waals surface area contributed by atoms with Gasteiger partial charge in [-0.1, -0.05) is 22.7 Å². The van der Waals surface area contributed by atoms with Gasteiger partial charge < -0.3 is 19.7 Å². The predicted octanol–water partition coefficient (Wildman–Crippen LogP) is 5.39. The fourth-order valence-corrected chi connectivity index (χ4v) is 4.48. The van der Waals surface area contributed by atoms with E-state index in [4.69, 9.17) is 21.1 Å². The van der Waals surface area contributed by atoms with E-state index in [1.54, 1.807) is 23.1 Å². The molecule has 1 aliphatic carbocycles. The fraction of sp³-hybridized carbons (Fsp3) is 0.519. The zero-order valence-corrected chi connectivity index (χ0v) is 22.2. The second kappa shape index (κ2) is 10.9. The molecule has 1 aromatic carbocycles. The normalized spacial score (nSPS) is 17.3. The molecule has 1 aliphatic heterocycles. The summed E-state index contributed by atoms with van der Waals surface area (Å²) >= 11 is 6.32. The van der Waals surface area contributed by atoms with Gasteiger partial charge in [0.05, 0.1) is 0 Å². The Labute approximate surface area is 212 Å². The molecule has 0 unspecified atom stereocenters. The van der Waals surface area contributed by atoms with Crippen LogP contribution in [0.25, 0.3) is 0 Å². The lowest BCUT2D eigenvalue weighted by atomic mass is 9.92. The maximum Gasteiger partial charge on any atom is 0.410 e. The van der Waals surface area contributed by atoms with Crippen LogP contribution in [0.2, 0.25) is 5.02 Å². The molecule has 190 valence electrons. The average molecular weight is 503 g/mol. The highest BCUT2D eigenvalue weighted by atomic mass is 35.5. The van der Waals surface area contributed by atoms with Crippen molar-refractivity contribution >= 4 is 29.4 Å². The lowest BCUT2D eigenvalue weighted by Gasteiger charge is -2.33. The number of carbonyl (C=O) groups is 3. The monoisotopic (exact) mass is 502 g/mol. The van der Waals surface area contributed by atoms with E-state index < -0.39 is 5.60 Å².